The first-order valence-electron chi connectivity index (χ1n) is 21.3. The predicted molar refractivity (Wildman–Crippen MR) is 223 cm³/mol. The molecular formula is C38H64N14O10. The third-order valence-corrected chi connectivity index (χ3v) is 11.7. The predicted octanol–water partition coefficient (Wildman–Crippen LogP) is -5.06. The number of aliphatic carboxylic acids is 1. The molecule has 24 nitrogen and oxygen atoms in total. The minimum atomic E-state index is -1.21. The van der Waals surface area contributed by atoms with Gasteiger partial charge in [0.1, 0.15) is 42.3 Å². The summed E-state index contributed by atoms with van der Waals surface area (Å²) >= 11 is 0. The van der Waals surface area contributed by atoms with Crippen LogP contribution in [0.25, 0.3) is 0 Å². The highest BCUT2D eigenvalue weighted by Crippen LogP contribution is 2.26. The number of aliphatic hydroxyl groups excluding tert-OH is 1. The van der Waals surface area contributed by atoms with Crippen LogP contribution in [-0.2, 0) is 38.4 Å². The van der Waals surface area contributed by atoms with Crippen LogP contribution in [0.4, 0.5) is 0 Å². The lowest BCUT2D eigenvalue weighted by Gasteiger charge is -2.33. The number of carbonyl (C=O) groups excluding carboxylic acids is 7. The average molecular weight is 877 g/mol. The van der Waals surface area contributed by atoms with E-state index in [9.17, 15) is 48.6 Å². The van der Waals surface area contributed by atoms with Gasteiger partial charge in [0.05, 0.1) is 12.6 Å². The molecule has 4 fully saturated rings. The molecule has 24 heteroatoms. The van der Waals surface area contributed by atoms with Crippen LogP contribution in [0.15, 0.2) is 9.98 Å². The van der Waals surface area contributed by atoms with Crippen LogP contribution < -0.4 is 44.6 Å². The molecule has 0 aromatic heterocycles. The number of nitrogens with two attached hydrogens (primary N) is 5. The number of guanidine groups is 2. The molecule has 0 aliphatic carbocycles. The second kappa shape index (κ2) is 22.9. The van der Waals surface area contributed by atoms with E-state index in [1.54, 1.807) is 0 Å². The van der Waals surface area contributed by atoms with Crippen molar-refractivity contribution in [3.63, 3.8) is 0 Å². The van der Waals surface area contributed by atoms with Crippen LogP contribution >= 0.6 is 0 Å². The molecule has 0 bridgehead atoms. The summed E-state index contributed by atoms with van der Waals surface area (Å²) in [7, 11) is 0. The Labute approximate surface area is 359 Å². The van der Waals surface area contributed by atoms with Gasteiger partial charge in [0.25, 0.3) is 0 Å². The highest BCUT2D eigenvalue weighted by atomic mass is 16.4. The summed E-state index contributed by atoms with van der Waals surface area (Å²) in [6.07, 6.45) is 2.73. The van der Waals surface area contributed by atoms with E-state index < -0.39 is 102 Å². The molecule has 346 valence electrons. The van der Waals surface area contributed by atoms with Crippen molar-refractivity contribution in [2.75, 3.05) is 45.8 Å². The van der Waals surface area contributed by atoms with Crippen molar-refractivity contribution in [3.05, 3.63) is 0 Å². The van der Waals surface area contributed by atoms with E-state index in [0.717, 1.165) is 0 Å². The number of nitrogens with zero attached hydrogens (tertiary/aromatic N) is 6. The van der Waals surface area contributed by atoms with Gasteiger partial charge in [-0.25, -0.2) is 4.79 Å². The highest BCUT2D eigenvalue weighted by molar-refractivity contribution is 5.97. The Hall–Kier alpha value is -5.78. The molecule has 8 atom stereocenters. The molecule has 0 spiro atoms. The first-order chi connectivity index (χ1) is 29.4. The smallest absolute Gasteiger partial charge is 0.326 e. The van der Waals surface area contributed by atoms with Crippen molar-refractivity contribution in [1.82, 2.24) is 35.6 Å². The summed E-state index contributed by atoms with van der Waals surface area (Å²) in [5.41, 5.74) is 27.7. The molecule has 0 radical (unpaired) electrons. The molecule has 0 saturated carbocycles. The fourth-order valence-electron chi connectivity index (χ4n) is 8.46. The number of carbonyl (C=O) groups is 8. The van der Waals surface area contributed by atoms with E-state index in [2.05, 4.69) is 25.9 Å². The first-order valence-corrected chi connectivity index (χ1v) is 21.3. The van der Waals surface area contributed by atoms with Gasteiger partial charge in [-0.05, 0) is 84.0 Å². The molecule has 0 aromatic rings. The number of likely N-dealkylation sites (tertiary alicyclic amines) is 4. The Kier molecular flexibility index (Phi) is 18.0. The molecule has 4 heterocycles. The fourth-order valence-corrected chi connectivity index (χ4v) is 8.46. The quantitative estimate of drug-likeness (QED) is 0.0311. The number of rotatable bonds is 20. The Morgan fingerprint density at radius 1 is 0.645 bits per heavy atom. The van der Waals surface area contributed by atoms with Crippen LogP contribution in [0, 0.1) is 0 Å². The molecule has 4 aliphatic rings. The zero-order chi connectivity index (χ0) is 45.7. The summed E-state index contributed by atoms with van der Waals surface area (Å²) in [5, 5.41) is 27.6. The fraction of sp³-hybridized carbons (Fsp3) is 0.737. The van der Waals surface area contributed by atoms with Gasteiger partial charge in [-0.1, -0.05) is 0 Å². The number of nitrogens with one attached hydrogen (secondary N) is 3. The van der Waals surface area contributed by atoms with Gasteiger partial charge >= 0.3 is 5.97 Å². The Bertz CT molecular complexity index is 1720. The Morgan fingerprint density at radius 3 is 1.63 bits per heavy atom. The van der Waals surface area contributed by atoms with E-state index in [1.165, 1.54) is 26.5 Å². The van der Waals surface area contributed by atoms with Crippen LogP contribution in [0.3, 0.4) is 0 Å². The maximum absolute atomic E-state index is 13.8. The number of aliphatic hydroxyl groups is 1. The minimum absolute atomic E-state index is 0.0540. The highest BCUT2D eigenvalue weighted by Gasteiger charge is 2.44. The van der Waals surface area contributed by atoms with Gasteiger partial charge in [0.2, 0.25) is 41.4 Å². The van der Waals surface area contributed by atoms with Gasteiger partial charge in [-0.2, -0.15) is 0 Å². The van der Waals surface area contributed by atoms with Crippen molar-refractivity contribution in [1.29, 1.82) is 0 Å². The van der Waals surface area contributed by atoms with E-state index >= 15 is 0 Å². The van der Waals surface area contributed by atoms with Crippen LogP contribution in [0.1, 0.15) is 84.0 Å². The first kappa shape index (κ1) is 48.9. The average Bonchev–Trinajstić information content (AvgIpc) is 4.07. The minimum Gasteiger partial charge on any atom is -0.480 e. The summed E-state index contributed by atoms with van der Waals surface area (Å²) in [6.45, 7) is 2.05. The summed E-state index contributed by atoms with van der Waals surface area (Å²) in [4.78, 5) is 120. The Balaban J connectivity index is 1.41. The second-order valence-corrected chi connectivity index (χ2v) is 16.2. The van der Waals surface area contributed by atoms with Gasteiger partial charge in [0, 0.05) is 39.3 Å². The van der Waals surface area contributed by atoms with E-state index in [-0.39, 0.29) is 83.3 Å². The van der Waals surface area contributed by atoms with Crippen molar-refractivity contribution in [2.45, 2.75) is 132 Å². The monoisotopic (exact) mass is 876 g/mol. The number of carboxylic acid groups (broad SMARTS) is 1. The lowest BCUT2D eigenvalue weighted by molar-refractivity contribution is -0.149. The van der Waals surface area contributed by atoms with Crippen molar-refractivity contribution in [2.24, 2.45) is 38.7 Å². The van der Waals surface area contributed by atoms with Gasteiger partial charge in [-0.3, -0.25) is 43.5 Å². The van der Waals surface area contributed by atoms with Gasteiger partial charge < -0.3 is 74.4 Å². The SMILES string of the molecule is C[C@@H](O)[C@H](N)C(=O)N1CCC[C@H]1C(=O)N1CCC[C@H]1C(=O)N[C@@H](CCCN=C(N)N)C(=O)NCC(=O)N1CCC[C@H]1C(=O)N[C@@H](CCCN=C(N)N)C(=O)N1CCC[C@H]1C(=O)O. The van der Waals surface area contributed by atoms with E-state index in [0.29, 0.717) is 44.9 Å². The largest absolute Gasteiger partial charge is 0.480 e. The number of carboxylic acids is 1. The van der Waals surface area contributed by atoms with Crippen molar-refractivity contribution < 1.29 is 48.6 Å². The van der Waals surface area contributed by atoms with E-state index in [4.69, 9.17) is 28.7 Å². The number of hydrogen-bond donors (Lipinski definition) is 10. The number of aliphatic imine (C=N–C) groups is 2. The van der Waals surface area contributed by atoms with Crippen molar-refractivity contribution in [3.8, 4) is 0 Å². The molecule has 4 saturated heterocycles. The molecule has 7 amide bonds. The third-order valence-electron chi connectivity index (χ3n) is 11.7. The molecule has 0 unspecified atom stereocenters. The summed E-state index contributed by atoms with van der Waals surface area (Å²) < 4.78 is 0. The lowest BCUT2D eigenvalue weighted by Crippen LogP contribution is -2.58. The van der Waals surface area contributed by atoms with Gasteiger partial charge in [-0.15, -0.1) is 0 Å². The zero-order valence-electron chi connectivity index (χ0n) is 35.3. The molecular weight excluding hydrogens is 813 g/mol. The summed E-state index contributed by atoms with van der Waals surface area (Å²) in [6, 6.07) is -7.34. The number of amides is 7. The van der Waals surface area contributed by atoms with E-state index in [1.807, 2.05) is 0 Å². The Morgan fingerprint density at radius 2 is 1.10 bits per heavy atom. The molecule has 15 N–H and O–H groups in total. The van der Waals surface area contributed by atoms with Gasteiger partial charge in [0.15, 0.2) is 11.9 Å². The van der Waals surface area contributed by atoms with Crippen LogP contribution in [0.2, 0.25) is 0 Å². The van der Waals surface area contributed by atoms with Crippen molar-refractivity contribution >= 4 is 59.2 Å². The number of hydrogen-bond acceptors (Lipinski definition) is 12. The standard InChI is InChI=1S/C38H64N14O10/c1-21(53)29(39)35(60)51-18-6-12-26(51)34(59)50-17-5-11-25(50)32(57)47-22(8-2-14-44-37(40)41)30(55)46-20-28(54)49-16-4-10-24(49)31(56)48-23(9-3-15-45-38(42)43)33(58)52-19-7-13-27(52)36(61)62/h21-27,29,53H,2-20,39H2,1H3,(H,46,55)(H,47,57)(H,48,56)(H,61,62)(H4,40,41,44)(H4,42,43,45)/t21-,22+,23+,24+,25+,26+,27+,29+/m1/s1. The molecule has 0 aromatic carbocycles. The third kappa shape index (κ3) is 12.9. The molecule has 4 aliphatic heterocycles. The maximum atomic E-state index is 13.8. The van der Waals surface area contributed by atoms with Crippen LogP contribution in [0.5, 0.6) is 0 Å². The van der Waals surface area contributed by atoms with Crippen LogP contribution in [-0.4, -0.2) is 183 Å². The molecule has 4 rings (SSSR count). The normalized spacial score (nSPS) is 22.9. The molecule has 62 heavy (non-hydrogen) atoms. The lowest BCUT2D eigenvalue weighted by atomic mass is 10.1. The second-order valence-electron chi connectivity index (χ2n) is 16.2. The summed E-state index contributed by atoms with van der Waals surface area (Å²) in [5.74, 6) is -5.56. The zero-order valence-corrected chi connectivity index (χ0v) is 35.3. The topological polar surface area (TPSA) is 381 Å². The maximum Gasteiger partial charge on any atom is 0.326 e.